The van der Waals surface area contributed by atoms with Crippen LogP contribution in [-0.2, 0) is 29.5 Å². The number of nitrogens with one attached hydrogen (secondary N) is 2. The van der Waals surface area contributed by atoms with Gasteiger partial charge in [-0.1, -0.05) is 192 Å². The number of β-lactam (4-membered cyclic amide) rings is 1. The van der Waals surface area contributed by atoms with E-state index in [4.69, 9.17) is 14.6 Å². The summed E-state index contributed by atoms with van der Waals surface area (Å²) in [5.41, 5.74) is 4.84. The number of fused-ring (bicyclic) bond motifs is 1. The molecule has 0 aliphatic carbocycles. The van der Waals surface area contributed by atoms with Crippen LogP contribution in [0.15, 0.2) is 186 Å². The maximum atomic E-state index is 14.2. The molecule has 1 fully saturated rings. The number of esters is 1. The molecule has 8 rings (SSSR count). The third-order valence-electron chi connectivity index (χ3n) is 10.3. The minimum absolute atomic E-state index is 0.0437. The predicted molar refractivity (Wildman–Crippen MR) is 249 cm³/mol. The largest absolute Gasteiger partial charge is 0.448 e. The van der Waals surface area contributed by atoms with E-state index in [0.717, 1.165) is 33.4 Å². The molecule has 2 amide bonds. The Morgan fingerprint density at radius 2 is 1.38 bits per heavy atom. The van der Waals surface area contributed by atoms with Crippen molar-refractivity contribution >= 4 is 74.3 Å². The molecule has 2 atom stereocenters. The molecule has 2 N–H and O–H groups in total. The van der Waals surface area contributed by atoms with E-state index in [1.807, 2.05) is 115 Å². The van der Waals surface area contributed by atoms with Crippen molar-refractivity contribution < 1.29 is 24.0 Å². The molecule has 10 nitrogen and oxygen atoms in total. The number of aromatic nitrogens is 1. The highest BCUT2D eigenvalue weighted by atomic mass is 127. The van der Waals surface area contributed by atoms with Crippen LogP contribution >= 0.6 is 45.7 Å². The Bertz CT molecular complexity index is 2420. The quantitative estimate of drug-likeness (QED) is 0.0114. The molecule has 0 bridgehead atoms. The lowest BCUT2D eigenvalue weighted by Gasteiger charge is -2.49. The third-order valence-corrected chi connectivity index (χ3v) is 13.4. The van der Waals surface area contributed by atoms with E-state index in [-0.39, 0.29) is 23.7 Å². The van der Waals surface area contributed by atoms with Crippen molar-refractivity contribution in [3.05, 3.63) is 214 Å². The fraction of sp³-hybridized carbons (Fsp3) is 0.146. The number of thiazole rings is 1. The van der Waals surface area contributed by atoms with Gasteiger partial charge in [0.05, 0.1) is 0 Å². The molecule has 1 aromatic heterocycles. The first kappa shape index (κ1) is 41.7. The highest BCUT2D eigenvalue weighted by molar-refractivity contribution is 14.1. The number of oxime groups is 1. The van der Waals surface area contributed by atoms with E-state index in [1.54, 1.807) is 5.38 Å². The Hall–Kier alpha value is -6.03. The average molecular weight is 958 g/mol. The minimum atomic E-state index is -0.946. The Morgan fingerprint density at radius 1 is 0.852 bits per heavy atom. The number of carbonyl (C=O) groups excluding carboxylic acids is 3. The molecule has 0 spiro atoms. The minimum Gasteiger partial charge on any atom is -0.448 e. The Balaban J connectivity index is 1.05. The molecule has 6 aromatic rings. The Kier molecular flexibility index (Phi) is 13.1. The summed E-state index contributed by atoms with van der Waals surface area (Å²) in [6, 6.07) is 48.4. The van der Waals surface area contributed by atoms with E-state index in [0.29, 0.717) is 15.3 Å². The highest BCUT2D eigenvalue weighted by Gasteiger charge is 2.55. The van der Waals surface area contributed by atoms with Crippen molar-refractivity contribution in [1.82, 2.24) is 15.2 Å². The zero-order chi connectivity index (χ0) is 42.2. The van der Waals surface area contributed by atoms with Gasteiger partial charge in [-0.3, -0.25) is 14.5 Å². The fourth-order valence-corrected chi connectivity index (χ4v) is 10.6. The Labute approximate surface area is 375 Å². The molecule has 3 heterocycles. The van der Waals surface area contributed by atoms with Crippen molar-refractivity contribution in [2.24, 2.45) is 5.16 Å². The lowest BCUT2D eigenvalue weighted by Crippen LogP contribution is -2.71. The molecule has 13 heteroatoms. The second-order valence-corrected chi connectivity index (χ2v) is 16.8. The van der Waals surface area contributed by atoms with Gasteiger partial charge in [0.1, 0.15) is 35.0 Å². The smallest absolute Gasteiger partial charge is 0.356 e. The summed E-state index contributed by atoms with van der Waals surface area (Å²) in [5.74, 6) is -1.21. The van der Waals surface area contributed by atoms with Crippen LogP contribution < -0.4 is 10.6 Å². The molecule has 2 aliphatic heterocycles. The monoisotopic (exact) mass is 957 g/mol. The van der Waals surface area contributed by atoms with Gasteiger partial charge in [0.25, 0.3) is 11.8 Å². The molecule has 2 aliphatic rings. The lowest BCUT2D eigenvalue weighted by atomic mass is 9.77. The normalized spacial score (nSPS) is 16.3. The first-order valence-electron chi connectivity index (χ1n) is 19.5. The number of alkyl halides is 1. The van der Waals surface area contributed by atoms with E-state index < -0.39 is 40.8 Å². The van der Waals surface area contributed by atoms with Gasteiger partial charge in [-0.05, 0) is 33.4 Å². The van der Waals surface area contributed by atoms with Gasteiger partial charge >= 0.3 is 5.97 Å². The van der Waals surface area contributed by atoms with Crippen molar-refractivity contribution in [2.45, 2.75) is 23.1 Å². The first-order valence-corrected chi connectivity index (χ1v) is 22.9. The molecule has 306 valence electrons. The number of amides is 2. The first-order chi connectivity index (χ1) is 29.9. The van der Waals surface area contributed by atoms with Gasteiger partial charge in [0.2, 0.25) is 0 Å². The van der Waals surface area contributed by atoms with E-state index >= 15 is 0 Å². The van der Waals surface area contributed by atoms with Crippen LogP contribution in [0.1, 0.15) is 39.6 Å². The summed E-state index contributed by atoms with van der Waals surface area (Å²) in [4.78, 5) is 54.3. The van der Waals surface area contributed by atoms with Gasteiger partial charge in [-0.15, -0.1) is 23.1 Å². The number of anilines is 1. The standard InChI is InChI=1S/C48H40IN5O5S2/c1-2-28-58-53-39(38-31-61-47(50-38)52-48(35-22-12-5-13-23-35,36-24-14-6-15-25-36)37-26-16-7-17-27-37)43(55)51-40-44(56)54-41(34(29-49)30-60-45(40)54)46(57)59-42(32-18-8-3-9-19-32)33-20-10-4-11-21-33/h2-27,31,40,42,45H,1,28-30H2,(H,50,52)(H,51,55)/b53-39-/t40?,45-/m0/s1. The van der Waals surface area contributed by atoms with Crippen LogP contribution in [0.5, 0.6) is 0 Å². The number of ether oxygens (including phenoxy) is 1. The average Bonchev–Trinajstić information content (AvgIpc) is 3.79. The molecule has 0 radical (unpaired) electrons. The number of thioether (sulfide) groups is 1. The zero-order valence-corrected chi connectivity index (χ0v) is 36.5. The fourth-order valence-electron chi connectivity index (χ4n) is 7.47. The van der Waals surface area contributed by atoms with Crippen LogP contribution in [0.2, 0.25) is 0 Å². The second kappa shape index (κ2) is 19.1. The second-order valence-electron chi connectivity index (χ2n) is 14.1. The molecule has 61 heavy (non-hydrogen) atoms. The number of carbonyl (C=O) groups is 3. The third kappa shape index (κ3) is 8.63. The van der Waals surface area contributed by atoms with Crippen LogP contribution in [0.4, 0.5) is 5.13 Å². The zero-order valence-electron chi connectivity index (χ0n) is 32.7. The van der Waals surface area contributed by atoms with Crippen LogP contribution in [0, 0.1) is 0 Å². The molecular weight excluding hydrogens is 918 g/mol. The summed E-state index contributed by atoms with van der Waals surface area (Å²) in [7, 11) is 0. The van der Waals surface area contributed by atoms with Crippen molar-refractivity contribution in [2.75, 3.05) is 22.1 Å². The van der Waals surface area contributed by atoms with Gasteiger partial charge in [-0.2, -0.15) is 0 Å². The molecular formula is C48H40IN5O5S2. The maximum absolute atomic E-state index is 14.2. The van der Waals surface area contributed by atoms with Crippen molar-refractivity contribution in [3.8, 4) is 0 Å². The molecule has 1 saturated heterocycles. The summed E-state index contributed by atoms with van der Waals surface area (Å²) >= 11 is 4.99. The van der Waals surface area contributed by atoms with Gasteiger partial charge in [0, 0.05) is 15.6 Å². The SMILES string of the molecule is C=CCO/N=C(\C(=O)NC1C(=O)N2C(C(=O)OC(c3ccccc3)c3ccccc3)=C(CI)CS[C@@H]12)c1csc(NC(c2ccccc2)(c2ccccc2)c2ccccc2)n1. The molecule has 1 unspecified atom stereocenters. The van der Waals surface area contributed by atoms with Crippen LogP contribution in [0.25, 0.3) is 0 Å². The van der Waals surface area contributed by atoms with Crippen molar-refractivity contribution in [3.63, 3.8) is 0 Å². The number of nitrogens with zero attached hydrogens (tertiary/aromatic N) is 3. The number of rotatable bonds is 16. The van der Waals surface area contributed by atoms with E-state index in [9.17, 15) is 14.4 Å². The van der Waals surface area contributed by atoms with Gasteiger partial charge in [0.15, 0.2) is 16.9 Å². The number of halogens is 1. The highest BCUT2D eigenvalue weighted by Crippen LogP contribution is 2.43. The number of hydrogen-bond acceptors (Lipinski definition) is 10. The molecule has 0 saturated carbocycles. The van der Waals surface area contributed by atoms with Gasteiger partial charge < -0.3 is 20.2 Å². The van der Waals surface area contributed by atoms with E-state index in [2.05, 4.69) is 81.4 Å². The molecule has 5 aromatic carbocycles. The predicted octanol–water partition coefficient (Wildman–Crippen LogP) is 8.88. The summed E-state index contributed by atoms with van der Waals surface area (Å²) in [6.45, 7) is 3.75. The van der Waals surface area contributed by atoms with E-state index in [1.165, 1.54) is 34.1 Å². The van der Waals surface area contributed by atoms with Crippen LogP contribution in [-0.4, -0.2) is 61.6 Å². The lowest BCUT2D eigenvalue weighted by molar-refractivity contribution is -0.154. The summed E-state index contributed by atoms with van der Waals surface area (Å²) in [5, 5.41) is 12.5. The van der Waals surface area contributed by atoms with Gasteiger partial charge in [-0.25, -0.2) is 9.78 Å². The van der Waals surface area contributed by atoms with Crippen molar-refractivity contribution in [1.29, 1.82) is 0 Å². The number of benzene rings is 5. The summed E-state index contributed by atoms with van der Waals surface area (Å²) < 4.78 is 6.75. The van der Waals surface area contributed by atoms with Crippen LogP contribution in [0.3, 0.4) is 0 Å². The Morgan fingerprint density at radius 3 is 1.89 bits per heavy atom. The maximum Gasteiger partial charge on any atom is 0.356 e. The summed E-state index contributed by atoms with van der Waals surface area (Å²) in [6.07, 6.45) is 0.827. The topological polar surface area (TPSA) is 122 Å². The number of hydrogen-bond donors (Lipinski definition) is 2.